The highest BCUT2D eigenvalue weighted by Crippen LogP contribution is 2.42. The summed E-state index contributed by atoms with van der Waals surface area (Å²) in [7, 11) is 0. The molecule has 2 aromatic rings. The fourth-order valence-electron chi connectivity index (χ4n) is 1.32. The molecule has 0 amide bonds. The largest absolute Gasteiger partial charge is 0.504 e. The number of aromatic hydroxyl groups is 2. The third-order valence-corrected chi connectivity index (χ3v) is 4.12. The molecular weight excluding hydrogens is 356 g/mol. The van der Waals surface area contributed by atoms with Gasteiger partial charge in [-0.3, -0.25) is 4.79 Å². The summed E-state index contributed by atoms with van der Waals surface area (Å²) in [6.45, 7) is 0. The van der Waals surface area contributed by atoms with E-state index in [0.29, 0.717) is 4.47 Å². The van der Waals surface area contributed by atoms with Gasteiger partial charge in [-0.1, -0.05) is 0 Å². The molecule has 0 unspecified atom stereocenters. The van der Waals surface area contributed by atoms with Gasteiger partial charge in [-0.05, 0) is 50.1 Å². The number of phenolic OH excluding ortho intramolecular Hbond substituents is 2. The lowest BCUT2D eigenvalue weighted by molar-refractivity contribution is 0.101. The molecule has 1 aromatic carbocycles. The van der Waals surface area contributed by atoms with Crippen molar-refractivity contribution < 1.29 is 19.4 Å². The molecule has 0 spiro atoms. The second-order valence-corrected chi connectivity index (χ2v) is 4.87. The first kappa shape index (κ1) is 12.2. The standard InChI is InChI=1S/C11H6Br2O4/c12-6-4-5(10(15)11(16)8(6)13)9(14)7-2-1-3-17-7/h1-4,15-16H. The maximum absolute atomic E-state index is 11.9. The van der Waals surface area contributed by atoms with Crippen molar-refractivity contribution >= 4 is 37.6 Å². The van der Waals surface area contributed by atoms with Crippen molar-refractivity contribution in [2.75, 3.05) is 0 Å². The van der Waals surface area contributed by atoms with E-state index >= 15 is 0 Å². The van der Waals surface area contributed by atoms with Gasteiger partial charge >= 0.3 is 0 Å². The monoisotopic (exact) mass is 360 g/mol. The maximum atomic E-state index is 11.9. The number of carbonyl (C=O) groups excluding carboxylic acids is 1. The summed E-state index contributed by atoms with van der Waals surface area (Å²) in [5.74, 6) is -1.29. The predicted octanol–water partition coefficient (Wildman–Crippen LogP) is 3.45. The van der Waals surface area contributed by atoms with Crippen LogP contribution in [0.4, 0.5) is 0 Å². The maximum Gasteiger partial charge on any atom is 0.232 e. The average Bonchev–Trinajstić information content (AvgIpc) is 2.84. The van der Waals surface area contributed by atoms with Crippen LogP contribution in [0.3, 0.4) is 0 Å². The molecule has 4 nitrogen and oxygen atoms in total. The van der Waals surface area contributed by atoms with Gasteiger partial charge in [0.25, 0.3) is 0 Å². The fraction of sp³-hybridized carbons (Fsp3) is 0. The molecule has 1 aromatic heterocycles. The van der Waals surface area contributed by atoms with Crippen molar-refractivity contribution in [1.29, 1.82) is 0 Å². The molecule has 17 heavy (non-hydrogen) atoms. The summed E-state index contributed by atoms with van der Waals surface area (Å²) in [6.07, 6.45) is 1.36. The van der Waals surface area contributed by atoms with Crippen LogP contribution in [0.2, 0.25) is 0 Å². The van der Waals surface area contributed by atoms with Gasteiger partial charge in [-0.25, -0.2) is 0 Å². The Kier molecular flexibility index (Phi) is 3.26. The van der Waals surface area contributed by atoms with Crippen molar-refractivity contribution in [3.8, 4) is 11.5 Å². The van der Waals surface area contributed by atoms with Crippen molar-refractivity contribution in [3.05, 3.63) is 44.7 Å². The third-order valence-electron chi connectivity index (χ3n) is 2.16. The SMILES string of the molecule is O=C(c1ccco1)c1cc(Br)c(Br)c(O)c1O. The molecule has 2 rings (SSSR count). The van der Waals surface area contributed by atoms with Crippen LogP contribution in [0, 0.1) is 0 Å². The number of rotatable bonds is 2. The summed E-state index contributed by atoms with van der Waals surface area (Å²) >= 11 is 6.23. The van der Waals surface area contributed by atoms with Crippen molar-refractivity contribution in [3.63, 3.8) is 0 Å². The van der Waals surface area contributed by atoms with Crippen LogP contribution < -0.4 is 0 Å². The second-order valence-electron chi connectivity index (χ2n) is 3.22. The Morgan fingerprint density at radius 1 is 1.24 bits per heavy atom. The minimum atomic E-state index is -0.504. The van der Waals surface area contributed by atoms with Gasteiger partial charge in [0.1, 0.15) is 0 Å². The fourth-order valence-corrected chi connectivity index (χ4v) is 2.04. The molecule has 0 aliphatic heterocycles. The van der Waals surface area contributed by atoms with E-state index in [9.17, 15) is 15.0 Å². The van der Waals surface area contributed by atoms with Crippen molar-refractivity contribution in [2.45, 2.75) is 0 Å². The Morgan fingerprint density at radius 3 is 2.53 bits per heavy atom. The zero-order valence-electron chi connectivity index (χ0n) is 8.28. The van der Waals surface area contributed by atoms with Crippen LogP contribution in [-0.4, -0.2) is 16.0 Å². The predicted molar refractivity (Wildman–Crippen MR) is 67.3 cm³/mol. The highest BCUT2D eigenvalue weighted by atomic mass is 79.9. The summed E-state index contributed by atoms with van der Waals surface area (Å²) < 4.78 is 5.69. The zero-order chi connectivity index (χ0) is 12.6. The Bertz CT molecular complexity index is 576. The summed E-state index contributed by atoms with van der Waals surface area (Å²) in [5, 5.41) is 19.3. The van der Waals surface area contributed by atoms with E-state index in [1.165, 1.54) is 18.4 Å². The van der Waals surface area contributed by atoms with Crippen LogP contribution in [-0.2, 0) is 0 Å². The minimum absolute atomic E-state index is 0.0347. The third kappa shape index (κ3) is 2.10. The Morgan fingerprint density at radius 2 is 1.94 bits per heavy atom. The molecule has 0 atom stereocenters. The number of phenols is 2. The lowest BCUT2D eigenvalue weighted by atomic mass is 10.1. The summed E-state index contributed by atoms with van der Waals surface area (Å²) in [5.41, 5.74) is -0.0347. The number of benzene rings is 1. The minimum Gasteiger partial charge on any atom is -0.504 e. The van der Waals surface area contributed by atoms with E-state index < -0.39 is 17.3 Å². The van der Waals surface area contributed by atoms with E-state index in [4.69, 9.17) is 4.42 Å². The van der Waals surface area contributed by atoms with Gasteiger partial charge in [-0.15, -0.1) is 0 Å². The lowest BCUT2D eigenvalue weighted by Gasteiger charge is -2.07. The molecule has 1 heterocycles. The lowest BCUT2D eigenvalue weighted by Crippen LogP contribution is -2.00. The summed E-state index contributed by atoms with van der Waals surface area (Å²) in [4.78, 5) is 11.9. The van der Waals surface area contributed by atoms with Crippen LogP contribution in [0.5, 0.6) is 11.5 Å². The number of hydrogen-bond donors (Lipinski definition) is 2. The molecule has 0 aliphatic carbocycles. The molecular formula is C11H6Br2O4. The molecule has 0 aliphatic rings. The van der Waals surface area contributed by atoms with Gasteiger partial charge in [-0.2, -0.15) is 0 Å². The van der Waals surface area contributed by atoms with Crippen molar-refractivity contribution in [1.82, 2.24) is 0 Å². The van der Waals surface area contributed by atoms with Crippen LogP contribution in [0.15, 0.2) is 37.8 Å². The number of ketones is 1. The zero-order valence-corrected chi connectivity index (χ0v) is 11.4. The average molecular weight is 362 g/mol. The molecule has 0 saturated heterocycles. The van der Waals surface area contributed by atoms with Gasteiger partial charge in [0.15, 0.2) is 17.3 Å². The molecule has 2 N–H and O–H groups in total. The first-order chi connectivity index (χ1) is 8.02. The Balaban J connectivity index is 2.57. The van der Waals surface area contributed by atoms with E-state index in [2.05, 4.69) is 31.9 Å². The first-order valence-corrected chi connectivity index (χ1v) is 6.09. The molecule has 0 bridgehead atoms. The number of hydrogen-bond acceptors (Lipinski definition) is 4. The molecule has 6 heteroatoms. The van der Waals surface area contributed by atoms with E-state index in [1.807, 2.05) is 0 Å². The number of halogens is 2. The molecule has 88 valence electrons. The Labute approximate surface area is 113 Å². The second kappa shape index (κ2) is 4.54. The first-order valence-electron chi connectivity index (χ1n) is 4.50. The molecule has 0 radical (unpaired) electrons. The van der Waals surface area contributed by atoms with Crippen LogP contribution >= 0.6 is 31.9 Å². The molecule has 0 saturated carbocycles. The van der Waals surface area contributed by atoms with E-state index in [-0.39, 0.29) is 15.8 Å². The van der Waals surface area contributed by atoms with Crippen LogP contribution in [0.1, 0.15) is 16.1 Å². The highest BCUT2D eigenvalue weighted by molar-refractivity contribution is 9.13. The van der Waals surface area contributed by atoms with Gasteiger partial charge in [0, 0.05) is 4.47 Å². The smallest absolute Gasteiger partial charge is 0.232 e. The normalized spacial score (nSPS) is 10.5. The van der Waals surface area contributed by atoms with E-state index in [1.54, 1.807) is 6.07 Å². The number of furan rings is 1. The number of carbonyl (C=O) groups is 1. The van der Waals surface area contributed by atoms with Gasteiger partial charge in [0.05, 0.1) is 16.3 Å². The molecule has 0 fully saturated rings. The quantitative estimate of drug-likeness (QED) is 0.634. The van der Waals surface area contributed by atoms with Gasteiger partial charge < -0.3 is 14.6 Å². The Hall–Kier alpha value is -1.27. The van der Waals surface area contributed by atoms with Crippen molar-refractivity contribution in [2.24, 2.45) is 0 Å². The van der Waals surface area contributed by atoms with E-state index in [0.717, 1.165) is 0 Å². The van der Waals surface area contributed by atoms with Crippen LogP contribution in [0.25, 0.3) is 0 Å². The van der Waals surface area contributed by atoms with Gasteiger partial charge in [0.2, 0.25) is 5.78 Å². The topological polar surface area (TPSA) is 70.7 Å². The highest BCUT2D eigenvalue weighted by Gasteiger charge is 2.21. The summed E-state index contributed by atoms with van der Waals surface area (Å²) in [6, 6.07) is 4.46.